The fraction of sp³-hybridized carbons (Fsp3) is 0.235. The van der Waals surface area contributed by atoms with Crippen LogP contribution in [0.3, 0.4) is 0 Å². The molecule has 0 aliphatic carbocycles. The number of hydrogen-bond donors (Lipinski definition) is 0. The van der Waals surface area contributed by atoms with Gasteiger partial charge >= 0.3 is 12.3 Å². The zero-order valence-electron chi connectivity index (χ0n) is 12.3. The maximum absolute atomic E-state index is 12.1. The van der Waals surface area contributed by atoms with Gasteiger partial charge in [0.2, 0.25) is 0 Å². The molecule has 2 aromatic carbocycles. The van der Waals surface area contributed by atoms with E-state index in [1.165, 1.54) is 0 Å². The van der Waals surface area contributed by atoms with Crippen LogP contribution in [0.1, 0.15) is 18.1 Å². The molecule has 1 aliphatic rings. The predicted octanol–water partition coefficient (Wildman–Crippen LogP) is 4.24. The van der Waals surface area contributed by atoms with E-state index >= 15 is 0 Å². The van der Waals surface area contributed by atoms with Gasteiger partial charge in [-0.2, -0.15) is 0 Å². The largest absolute Gasteiger partial charge is 0.460 e. The molecule has 0 spiro atoms. The molecule has 0 amide bonds. The number of halogens is 2. The molecular formula is C17H14Cl2O4. The summed E-state index contributed by atoms with van der Waals surface area (Å²) in [5.74, 6) is 0.465. The highest BCUT2D eigenvalue weighted by Crippen LogP contribution is 2.34. The lowest BCUT2D eigenvalue weighted by molar-refractivity contribution is -0.165. The van der Waals surface area contributed by atoms with Crippen molar-refractivity contribution < 1.29 is 19.0 Å². The first-order valence-corrected chi connectivity index (χ1v) is 7.89. The van der Waals surface area contributed by atoms with Crippen LogP contribution in [0.2, 0.25) is 10.0 Å². The van der Waals surface area contributed by atoms with Crippen LogP contribution in [0, 0.1) is 0 Å². The summed E-state index contributed by atoms with van der Waals surface area (Å²) < 4.78 is 16.4. The van der Waals surface area contributed by atoms with Crippen LogP contribution in [0.25, 0.3) is 0 Å². The monoisotopic (exact) mass is 352 g/mol. The molecule has 0 radical (unpaired) electrons. The van der Waals surface area contributed by atoms with Crippen molar-refractivity contribution in [3.63, 3.8) is 0 Å². The summed E-state index contributed by atoms with van der Waals surface area (Å²) in [4.78, 5) is 12.1. The van der Waals surface area contributed by atoms with E-state index in [9.17, 15) is 4.79 Å². The molecule has 3 rings (SSSR count). The number of esters is 1. The predicted molar refractivity (Wildman–Crippen MR) is 87.4 cm³/mol. The van der Waals surface area contributed by atoms with Crippen molar-refractivity contribution in [3.05, 3.63) is 57.6 Å². The minimum atomic E-state index is -1.19. The van der Waals surface area contributed by atoms with Gasteiger partial charge in [0.15, 0.2) is 0 Å². The average Bonchev–Trinajstić information content (AvgIpc) is 2.49. The Kier molecular flexibility index (Phi) is 4.64. The van der Waals surface area contributed by atoms with Gasteiger partial charge in [-0.3, -0.25) is 0 Å². The fourth-order valence-corrected chi connectivity index (χ4v) is 2.76. The Morgan fingerprint density at radius 2 is 1.61 bits per heavy atom. The second-order valence-corrected chi connectivity index (χ2v) is 5.87. The molecule has 0 unspecified atom stereocenters. The molecule has 0 N–H and O–H groups in total. The number of benzene rings is 2. The Morgan fingerprint density at radius 1 is 1.09 bits per heavy atom. The second-order valence-electron chi connectivity index (χ2n) is 5.00. The van der Waals surface area contributed by atoms with Crippen LogP contribution in [0.15, 0.2) is 36.4 Å². The molecule has 0 atom stereocenters. The van der Waals surface area contributed by atoms with Crippen LogP contribution >= 0.6 is 23.2 Å². The molecule has 6 heteroatoms. The van der Waals surface area contributed by atoms with E-state index in [4.69, 9.17) is 37.4 Å². The minimum Gasteiger partial charge on any atom is -0.460 e. The van der Waals surface area contributed by atoms with Gasteiger partial charge in [-0.1, -0.05) is 23.2 Å². The van der Waals surface area contributed by atoms with Crippen LogP contribution in [0.4, 0.5) is 0 Å². The van der Waals surface area contributed by atoms with E-state index in [0.717, 1.165) is 11.1 Å². The summed E-state index contributed by atoms with van der Waals surface area (Å²) >= 11 is 12.1. The van der Waals surface area contributed by atoms with Crippen molar-refractivity contribution in [1.82, 2.24) is 0 Å². The van der Waals surface area contributed by atoms with Gasteiger partial charge in [-0.05, 0) is 43.3 Å². The summed E-state index contributed by atoms with van der Waals surface area (Å²) in [6.07, 6.45) is -0.656. The Labute approximate surface area is 143 Å². The first kappa shape index (κ1) is 16.0. The van der Waals surface area contributed by atoms with Crippen molar-refractivity contribution in [2.75, 3.05) is 6.61 Å². The maximum Gasteiger partial charge on any atom is 0.389 e. The van der Waals surface area contributed by atoms with Crippen molar-refractivity contribution in [2.24, 2.45) is 0 Å². The number of hydrogen-bond acceptors (Lipinski definition) is 4. The van der Waals surface area contributed by atoms with Crippen molar-refractivity contribution >= 4 is 29.2 Å². The van der Waals surface area contributed by atoms with Crippen LogP contribution in [-0.2, 0) is 16.0 Å². The lowest BCUT2D eigenvalue weighted by Gasteiger charge is -2.25. The van der Waals surface area contributed by atoms with Crippen molar-refractivity contribution in [2.45, 2.75) is 19.6 Å². The van der Waals surface area contributed by atoms with Crippen LogP contribution in [-0.4, -0.2) is 18.9 Å². The minimum absolute atomic E-state index is 0.239. The van der Waals surface area contributed by atoms with E-state index in [1.807, 2.05) is 0 Å². The van der Waals surface area contributed by atoms with Gasteiger partial charge in [0.25, 0.3) is 0 Å². The molecule has 0 aromatic heterocycles. The SMILES string of the molecule is CCOC(=O)C1Oc2ccc(Cl)cc2Cc2cc(Cl)ccc2O1. The van der Waals surface area contributed by atoms with Gasteiger partial charge in [-0.25, -0.2) is 4.79 Å². The zero-order valence-corrected chi connectivity index (χ0v) is 13.9. The quantitative estimate of drug-likeness (QED) is 0.758. The third-order valence-electron chi connectivity index (χ3n) is 3.37. The van der Waals surface area contributed by atoms with E-state index < -0.39 is 12.3 Å². The molecule has 0 fully saturated rings. The molecule has 2 aromatic rings. The Hall–Kier alpha value is -1.91. The second kappa shape index (κ2) is 6.69. The number of fused-ring (bicyclic) bond motifs is 2. The summed E-state index contributed by atoms with van der Waals surface area (Å²) in [6.45, 7) is 1.96. The van der Waals surface area contributed by atoms with Crippen LogP contribution in [0.5, 0.6) is 11.5 Å². The van der Waals surface area contributed by atoms with E-state index in [0.29, 0.717) is 28.0 Å². The highest BCUT2D eigenvalue weighted by Gasteiger charge is 2.28. The standard InChI is InChI=1S/C17H14Cl2O4/c1-2-21-16(20)17-22-14-5-3-12(18)8-10(14)7-11-9-13(19)4-6-15(11)23-17/h3-6,8-9,17H,2,7H2,1H3. The third kappa shape index (κ3) is 3.54. The Bertz CT molecular complexity index is 692. The maximum atomic E-state index is 12.1. The van der Waals surface area contributed by atoms with E-state index in [1.54, 1.807) is 43.3 Å². The average molecular weight is 353 g/mol. The summed E-state index contributed by atoms with van der Waals surface area (Å²) in [5.41, 5.74) is 1.69. The van der Waals surface area contributed by atoms with Crippen molar-refractivity contribution in [3.8, 4) is 11.5 Å². The molecule has 0 saturated heterocycles. The summed E-state index contributed by atoms with van der Waals surface area (Å²) in [7, 11) is 0. The number of ether oxygens (including phenoxy) is 3. The molecule has 0 bridgehead atoms. The van der Waals surface area contributed by atoms with Gasteiger partial charge in [0.1, 0.15) is 11.5 Å². The van der Waals surface area contributed by atoms with E-state index in [-0.39, 0.29) is 6.61 Å². The molecular weight excluding hydrogens is 339 g/mol. The topological polar surface area (TPSA) is 44.8 Å². The number of carbonyl (C=O) groups is 1. The molecule has 120 valence electrons. The lowest BCUT2D eigenvalue weighted by atomic mass is 10.0. The van der Waals surface area contributed by atoms with Gasteiger partial charge in [0, 0.05) is 27.6 Å². The van der Waals surface area contributed by atoms with Crippen LogP contribution < -0.4 is 9.47 Å². The lowest BCUT2D eigenvalue weighted by Crippen LogP contribution is -2.36. The Morgan fingerprint density at radius 3 is 2.09 bits per heavy atom. The number of rotatable bonds is 2. The smallest absolute Gasteiger partial charge is 0.389 e. The third-order valence-corrected chi connectivity index (χ3v) is 3.84. The summed E-state index contributed by atoms with van der Waals surface area (Å²) in [5, 5.41) is 1.18. The molecule has 1 heterocycles. The summed E-state index contributed by atoms with van der Waals surface area (Å²) in [6, 6.07) is 10.4. The Balaban J connectivity index is 2.06. The molecule has 0 saturated carbocycles. The van der Waals surface area contributed by atoms with Gasteiger partial charge in [0.05, 0.1) is 6.61 Å². The first-order valence-electron chi connectivity index (χ1n) is 7.13. The first-order chi connectivity index (χ1) is 11.1. The molecule has 4 nitrogen and oxygen atoms in total. The van der Waals surface area contributed by atoms with E-state index in [2.05, 4.69) is 0 Å². The van der Waals surface area contributed by atoms with Gasteiger partial charge < -0.3 is 14.2 Å². The molecule has 1 aliphatic heterocycles. The van der Waals surface area contributed by atoms with Gasteiger partial charge in [-0.15, -0.1) is 0 Å². The zero-order chi connectivity index (χ0) is 16.4. The number of carbonyl (C=O) groups excluding carboxylic acids is 1. The highest BCUT2D eigenvalue weighted by atomic mass is 35.5. The molecule has 23 heavy (non-hydrogen) atoms. The fourth-order valence-electron chi connectivity index (χ4n) is 2.37. The highest BCUT2D eigenvalue weighted by molar-refractivity contribution is 6.31. The normalized spacial score (nSPS) is 13.7. The van der Waals surface area contributed by atoms with Crippen molar-refractivity contribution in [1.29, 1.82) is 0 Å².